The molecular formula is C21H30F3N5O4. The number of benzene rings is 1. The Morgan fingerprint density at radius 2 is 1.70 bits per heavy atom. The third-order valence-electron chi connectivity index (χ3n) is 6.07. The van der Waals surface area contributed by atoms with Crippen molar-refractivity contribution in [2.24, 2.45) is 10.9 Å². The third-order valence-corrected chi connectivity index (χ3v) is 6.07. The number of piperidine rings is 1. The van der Waals surface area contributed by atoms with Gasteiger partial charge in [-0.2, -0.15) is 18.3 Å². The van der Waals surface area contributed by atoms with Gasteiger partial charge in [-0.05, 0) is 17.7 Å². The number of likely N-dealkylation sites (tertiary alicyclic amines) is 1. The fourth-order valence-electron chi connectivity index (χ4n) is 4.23. The number of carboxylic acid groups (broad SMARTS) is 2. The molecule has 33 heavy (non-hydrogen) atoms. The Morgan fingerprint density at radius 3 is 2.12 bits per heavy atom. The summed E-state index contributed by atoms with van der Waals surface area (Å²) in [6.45, 7) is 6.36. The Morgan fingerprint density at radius 1 is 1.18 bits per heavy atom. The van der Waals surface area contributed by atoms with Crippen molar-refractivity contribution in [2.45, 2.75) is 25.1 Å². The molecule has 0 unspecified atom stereocenters. The van der Waals surface area contributed by atoms with Crippen LogP contribution in [0.1, 0.15) is 18.4 Å². The van der Waals surface area contributed by atoms with Gasteiger partial charge in [0, 0.05) is 50.7 Å². The van der Waals surface area contributed by atoms with Crippen LogP contribution in [-0.2, 0) is 9.59 Å². The van der Waals surface area contributed by atoms with E-state index in [0.717, 1.165) is 57.7 Å². The topological polar surface area (TPSA) is 122 Å². The van der Waals surface area contributed by atoms with Crippen LogP contribution in [0.25, 0.3) is 0 Å². The lowest BCUT2D eigenvalue weighted by Crippen LogP contribution is -2.58. The minimum Gasteiger partial charge on any atom is -0.542 e. The second-order valence-electron chi connectivity index (χ2n) is 8.53. The van der Waals surface area contributed by atoms with Crippen molar-refractivity contribution in [3.05, 3.63) is 29.8 Å². The second kappa shape index (κ2) is 11.3. The van der Waals surface area contributed by atoms with Gasteiger partial charge in [0.25, 0.3) is 0 Å². The van der Waals surface area contributed by atoms with Gasteiger partial charge >= 0.3 is 12.1 Å². The standard InChI is InChI=1S/C19H29N5O2.C2HF3O2/c1-24(15-19(25)26)12-6-18(7-13-24)23-10-8-22(9-11-23)17-4-2-16(3-5-17)14-21-20;3-2(4,5)1(6)7/h2-5,14,18H,6-13,15,20H2,1H3;(H,6,7)/b21-14+;. The number of halogens is 3. The van der Waals surface area contributed by atoms with Crippen LogP contribution < -0.4 is 15.8 Å². The number of hydrazone groups is 1. The van der Waals surface area contributed by atoms with E-state index in [0.29, 0.717) is 10.5 Å². The molecule has 3 N–H and O–H groups in total. The number of hydrogen-bond acceptors (Lipinski definition) is 7. The highest BCUT2D eigenvalue weighted by molar-refractivity contribution is 5.80. The Kier molecular flexibility index (Phi) is 9.06. The molecule has 0 aliphatic carbocycles. The van der Waals surface area contributed by atoms with E-state index in [2.05, 4.69) is 34.1 Å². The normalized spacial score (nSPS) is 24.2. The lowest BCUT2D eigenvalue weighted by atomic mass is 10.00. The van der Waals surface area contributed by atoms with Crippen LogP contribution in [0.15, 0.2) is 29.4 Å². The first-order chi connectivity index (χ1) is 15.4. The summed E-state index contributed by atoms with van der Waals surface area (Å²) in [5.74, 6) is 1.49. The van der Waals surface area contributed by atoms with E-state index in [4.69, 9.17) is 20.9 Å². The van der Waals surface area contributed by atoms with Crippen LogP contribution in [0.4, 0.5) is 18.9 Å². The molecule has 2 aliphatic heterocycles. The van der Waals surface area contributed by atoms with Crippen LogP contribution in [-0.4, -0.2) is 97.7 Å². The number of anilines is 1. The van der Waals surface area contributed by atoms with Gasteiger partial charge in [0.05, 0.1) is 26.4 Å². The van der Waals surface area contributed by atoms with Crippen molar-refractivity contribution < 1.29 is 37.5 Å². The number of piperazine rings is 1. The number of nitrogens with zero attached hydrogens (tertiary/aromatic N) is 4. The Labute approximate surface area is 190 Å². The molecule has 0 spiro atoms. The van der Waals surface area contributed by atoms with E-state index in [-0.39, 0.29) is 6.54 Å². The molecular weight excluding hydrogens is 443 g/mol. The van der Waals surface area contributed by atoms with E-state index >= 15 is 0 Å². The fourth-order valence-corrected chi connectivity index (χ4v) is 4.23. The van der Waals surface area contributed by atoms with Gasteiger partial charge in [-0.3, -0.25) is 4.90 Å². The number of aliphatic carboxylic acids is 2. The van der Waals surface area contributed by atoms with Gasteiger partial charge in [0.2, 0.25) is 0 Å². The number of quaternary nitrogens is 1. The quantitative estimate of drug-likeness (QED) is 0.269. The van der Waals surface area contributed by atoms with E-state index < -0.39 is 18.1 Å². The molecule has 0 saturated carbocycles. The molecule has 1 aromatic carbocycles. The zero-order valence-corrected chi connectivity index (χ0v) is 18.5. The highest BCUT2D eigenvalue weighted by Gasteiger charge is 2.35. The second-order valence-corrected chi connectivity index (χ2v) is 8.53. The predicted octanol–water partition coefficient (Wildman–Crippen LogP) is 0.0934. The minimum atomic E-state index is -5.19. The van der Waals surface area contributed by atoms with Crippen LogP contribution in [0.2, 0.25) is 0 Å². The average Bonchev–Trinajstić information content (AvgIpc) is 2.74. The van der Waals surface area contributed by atoms with E-state index in [9.17, 15) is 18.0 Å². The zero-order valence-electron chi connectivity index (χ0n) is 18.5. The molecule has 0 amide bonds. The summed E-state index contributed by atoms with van der Waals surface area (Å²) in [6, 6.07) is 8.94. The Bertz CT molecular complexity index is 816. The van der Waals surface area contributed by atoms with Gasteiger partial charge < -0.3 is 30.2 Å². The van der Waals surface area contributed by atoms with Crippen LogP contribution in [0.3, 0.4) is 0 Å². The number of likely N-dealkylation sites (N-methyl/N-ethyl adjacent to an activating group) is 1. The number of carbonyl (C=O) groups is 2. The van der Waals surface area contributed by atoms with E-state index in [1.54, 1.807) is 6.21 Å². The lowest BCUT2D eigenvalue weighted by molar-refractivity contribution is -0.907. The van der Waals surface area contributed by atoms with Gasteiger partial charge in [0.1, 0.15) is 5.97 Å². The average molecular weight is 473 g/mol. The van der Waals surface area contributed by atoms with Crippen molar-refractivity contribution in [3.63, 3.8) is 0 Å². The monoisotopic (exact) mass is 473 g/mol. The molecule has 184 valence electrons. The molecule has 0 bridgehead atoms. The summed E-state index contributed by atoms with van der Waals surface area (Å²) in [5.41, 5.74) is 2.26. The fraction of sp³-hybridized carbons (Fsp3) is 0.571. The third kappa shape index (κ3) is 8.21. The van der Waals surface area contributed by atoms with Gasteiger partial charge in [0.15, 0.2) is 6.54 Å². The summed E-state index contributed by atoms with van der Waals surface area (Å²) >= 11 is 0. The number of hydrogen-bond donors (Lipinski definition) is 2. The maximum atomic E-state index is 11.0. The molecule has 2 saturated heterocycles. The summed E-state index contributed by atoms with van der Waals surface area (Å²) in [4.78, 5) is 24.8. The highest BCUT2D eigenvalue weighted by atomic mass is 19.4. The van der Waals surface area contributed by atoms with Gasteiger partial charge in [-0.15, -0.1) is 0 Å². The summed E-state index contributed by atoms with van der Waals surface area (Å²) in [7, 11) is 2.07. The number of alkyl halides is 3. The van der Waals surface area contributed by atoms with Crippen molar-refractivity contribution in [1.29, 1.82) is 0 Å². The van der Waals surface area contributed by atoms with Crippen molar-refractivity contribution in [3.8, 4) is 0 Å². The summed E-state index contributed by atoms with van der Waals surface area (Å²) in [5, 5.41) is 21.4. The number of nitrogens with two attached hydrogens (primary N) is 1. The van der Waals surface area contributed by atoms with Crippen molar-refractivity contribution in [1.82, 2.24) is 4.90 Å². The maximum Gasteiger partial charge on any atom is 0.430 e. The molecule has 2 heterocycles. The first-order valence-electron chi connectivity index (χ1n) is 10.6. The van der Waals surface area contributed by atoms with Crippen LogP contribution in [0, 0.1) is 0 Å². The molecule has 0 aromatic heterocycles. The van der Waals surface area contributed by atoms with Gasteiger partial charge in [-0.1, -0.05) is 12.1 Å². The largest absolute Gasteiger partial charge is 0.542 e. The lowest BCUT2D eigenvalue weighted by Gasteiger charge is -2.45. The van der Waals surface area contributed by atoms with Gasteiger partial charge in [-0.25, -0.2) is 4.79 Å². The number of carbonyl (C=O) groups excluding carboxylic acids is 1. The number of rotatable bonds is 5. The SMILES string of the molecule is C[N+]1(CC(=O)O)CCC(N2CCN(c3ccc(/C=N/N)cc3)CC2)CC1.O=C([O-])C(F)(F)F. The molecule has 0 radical (unpaired) electrons. The molecule has 12 heteroatoms. The van der Waals surface area contributed by atoms with Crippen LogP contribution in [0.5, 0.6) is 0 Å². The molecule has 9 nitrogen and oxygen atoms in total. The molecule has 2 aliphatic rings. The van der Waals surface area contributed by atoms with Crippen LogP contribution >= 0.6 is 0 Å². The summed E-state index contributed by atoms with van der Waals surface area (Å²) < 4.78 is 32.2. The first kappa shape index (κ1) is 26.4. The number of carboxylic acids is 2. The Hall–Kier alpha value is -2.86. The molecule has 0 atom stereocenters. The molecule has 2 fully saturated rings. The first-order valence-corrected chi connectivity index (χ1v) is 10.6. The molecule has 3 rings (SSSR count). The minimum absolute atomic E-state index is 0.241. The Balaban J connectivity index is 0.000000479. The highest BCUT2D eigenvalue weighted by Crippen LogP contribution is 2.24. The van der Waals surface area contributed by atoms with Crippen molar-refractivity contribution in [2.75, 3.05) is 57.8 Å². The smallest absolute Gasteiger partial charge is 0.430 e. The zero-order chi connectivity index (χ0) is 24.6. The maximum absolute atomic E-state index is 11.0. The predicted molar refractivity (Wildman–Crippen MR) is 115 cm³/mol. The van der Waals surface area contributed by atoms with Crippen molar-refractivity contribution >= 4 is 23.8 Å². The van der Waals surface area contributed by atoms with E-state index in [1.165, 1.54) is 5.69 Å². The molecule has 1 aromatic rings. The summed E-state index contributed by atoms with van der Waals surface area (Å²) in [6.07, 6.45) is -1.35. The van der Waals surface area contributed by atoms with E-state index in [1.807, 2.05) is 12.1 Å².